The molecule has 0 aliphatic carbocycles. The van der Waals surface area contributed by atoms with E-state index in [0.717, 1.165) is 32.6 Å². The van der Waals surface area contributed by atoms with Crippen molar-refractivity contribution in [2.24, 2.45) is 10.8 Å². The molecule has 0 saturated carbocycles. The number of hydrogen-bond donors (Lipinski definition) is 1. The van der Waals surface area contributed by atoms with E-state index in [1.807, 2.05) is 0 Å². The Hall–Kier alpha value is -0.120. The van der Waals surface area contributed by atoms with Crippen LogP contribution in [0.1, 0.15) is 82.1 Å². The van der Waals surface area contributed by atoms with E-state index in [1.54, 1.807) is 0 Å². The number of aliphatic hydroxyl groups is 1. The highest BCUT2D eigenvalue weighted by atomic mass is 16.3. The highest BCUT2D eigenvalue weighted by Crippen LogP contribution is 2.36. The first kappa shape index (κ1) is 20.9. The summed E-state index contributed by atoms with van der Waals surface area (Å²) >= 11 is 0. The smallest absolute Gasteiger partial charge is 0.0795 e. The molecule has 0 spiro atoms. The van der Waals surface area contributed by atoms with Crippen LogP contribution in [0, 0.1) is 10.8 Å². The minimum atomic E-state index is -0.262. The topological polar surface area (TPSA) is 26.7 Å². The molecule has 1 fully saturated rings. The summed E-state index contributed by atoms with van der Waals surface area (Å²) in [6.45, 7) is 25.6. The van der Waals surface area contributed by atoms with Gasteiger partial charge in [0.1, 0.15) is 0 Å². The lowest BCUT2D eigenvalue weighted by Crippen LogP contribution is -2.64. The second-order valence-corrected chi connectivity index (χ2v) is 11.3. The van der Waals surface area contributed by atoms with Gasteiger partial charge < -0.3 is 5.11 Å². The van der Waals surface area contributed by atoms with Gasteiger partial charge >= 0.3 is 0 Å². The molecule has 23 heavy (non-hydrogen) atoms. The number of hydrogen-bond acceptors (Lipinski definition) is 3. The summed E-state index contributed by atoms with van der Waals surface area (Å²) in [6.07, 6.45) is 1.99. The van der Waals surface area contributed by atoms with E-state index < -0.39 is 0 Å². The quantitative estimate of drug-likeness (QED) is 0.832. The maximum Gasteiger partial charge on any atom is 0.0795 e. The number of nitrogens with zero attached hydrogens (tertiary/aromatic N) is 2. The minimum absolute atomic E-state index is 0.0930. The van der Waals surface area contributed by atoms with Crippen LogP contribution < -0.4 is 0 Å². The molecule has 1 saturated heterocycles. The molecule has 0 radical (unpaired) electrons. The Morgan fingerprint density at radius 3 is 1.26 bits per heavy atom. The molecule has 0 unspecified atom stereocenters. The summed E-state index contributed by atoms with van der Waals surface area (Å²) in [7, 11) is 0. The lowest BCUT2D eigenvalue weighted by atomic mass is 9.79. The zero-order chi connectivity index (χ0) is 18.3. The lowest BCUT2D eigenvalue weighted by molar-refractivity contribution is -0.0988. The van der Waals surface area contributed by atoms with Crippen LogP contribution in [0.2, 0.25) is 0 Å². The third-order valence-electron chi connectivity index (χ3n) is 4.84. The van der Waals surface area contributed by atoms with Crippen molar-refractivity contribution in [3.05, 3.63) is 0 Å². The molecule has 1 heterocycles. The molecule has 1 aliphatic heterocycles. The largest absolute Gasteiger partial charge is 0.390 e. The van der Waals surface area contributed by atoms with Crippen LogP contribution in [-0.2, 0) is 0 Å². The Balaban J connectivity index is 2.91. The molecule has 0 aromatic heterocycles. The van der Waals surface area contributed by atoms with Crippen LogP contribution >= 0.6 is 0 Å². The van der Waals surface area contributed by atoms with E-state index in [-0.39, 0.29) is 28.0 Å². The van der Waals surface area contributed by atoms with Gasteiger partial charge in [0, 0.05) is 24.2 Å². The molecule has 3 nitrogen and oxygen atoms in total. The standard InChI is InChI=1S/C20H42N2O/c1-17(2,3)13-19(7,8)21-11-16(23)12-22(15-21)20(9,10)14-18(4,5)6/h16,23H,11-15H2,1-10H3. The first-order valence-electron chi connectivity index (χ1n) is 9.20. The van der Waals surface area contributed by atoms with E-state index in [9.17, 15) is 5.11 Å². The Labute approximate surface area is 145 Å². The molecule has 0 atom stereocenters. The second kappa shape index (κ2) is 6.65. The van der Waals surface area contributed by atoms with Gasteiger partial charge in [-0.1, -0.05) is 41.5 Å². The lowest BCUT2D eigenvalue weighted by Gasteiger charge is -2.53. The molecule has 1 rings (SSSR count). The molecular weight excluding hydrogens is 284 g/mol. The second-order valence-electron chi connectivity index (χ2n) is 11.3. The van der Waals surface area contributed by atoms with Crippen molar-refractivity contribution in [3.8, 4) is 0 Å². The van der Waals surface area contributed by atoms with Crippen LogP contribution in [0.5, 0.6) is 0 Å². The maximum atomic E-state index is 10.5. The molecule has 0 aromatic rings. The fraction of sp³-hybridized carbons (Fsp3) is 1.00. The van der Waals surface area contributed by atoms with Crippen molar-refractivity contribution >= 4 is 0 Å². The molecule has 1 aliphatic rings. The molecule has 138 valence electrons. The first-order chi connectivity index (χ1) is 10.0. The maximum absolute atomic E-state index is 10.5. The van der Waals surface area contributed by atoms with Gasteiger partial charge in [0.05, 0.1) is 12.8 Å². The molecule has 3 heteroatoms. The van der Waals surface area contributed by atoms with Crippen LogP contribution in [0.25, 0.3) is 0 Å². The fourth-order valence-electron chi connectivity index (χ4n) is 4.58. The molecule has 0 aromatic carbocycles. The van der Waals surface area contributed by atoms with Gasteiger partial charge in [-0.25, -0.2) is 0 Å². The minimum Gasteiger partial charge on any atom is -0.390 e. The predicted molar refractivity (Wildman–Crippen MR) is 101 cm³/mol. The first-order valence-corrected chi connectivity index (χ1v) is 9.20. The average Bonchev–Trinajstić information content (AvgIpc) is 2.21. The third kappa shape index (κ3) is 6.72. The van der Waals surface area contributed by atoms with Gasteiger partial charge in [0.2, 0.25) is 0 Å². The van der Waals surface area contributed by atoms with Crippen molar-refractivity contribution in [2.45, 2.75) is 99.3 Å². The van der Waals surface area contributed by atoms with Crippen molar-refractivity contribution in [3.63, 3.8) is 0 Å². The SMILES string of the molecule is CC(C)(C)CC(C)(C)N1CC(O)CN(C(C)(C)CC(C)(C)C)C1. The molecular formula is C20H42N2O. The highest BCUT2D eigenvalue weighted by Gasteiger charge is 2.41. The number of rotatable bonds is 4. The van der Waals surface area contributed by atoms with E-state index in [1.165, 1.54) is 0 Å². The highest BCUT2D eigenvalue weighted by molar-refractivity contribution is 4.95. The Kier molecular flexibility index (Phi) is 6.05. The van der Waals surface area contributed by atoms with Gasteiger partial charge in [-0.3, -0.25) is 9.80 Å². The zero-order valence-electron chi connectivity index (χ0n) is 17.5. The van der Waals surface area contributed by atoms with Crippen LogP contribution in [0.3, 0.4) is 0 Å². The van der Waals surface area contributed by atoms with Gasteiger partial charge in [-0.15, -0.1) is 0 Å². The number of aliphatic hydroxyl groups excluding tert-OH is 1. The third-order valence-corrected chi connectivity index (χ3v) is 4.84. The summed E-state index contributed by atoms with van der Waals surface area (Å²) < 4.78 is 0. The van der Waals surface area contributed by atoms with E-state index in [0.29, 0.717) is 0 Å². The Morgan fingerprint density at radius 2 is 1.00 bits per heavy atom. The van der Waals surface area contributed by atoms with E-state index in [2.05, 4.69) is 79.0 Å². The Morgan fingerprint density at radius 1 is 0.696 bits per heavy atom. The van der Waals surface area contributed by atoms with Crippen LogP contribution in [-0.4, -0.2) is 51.8 Å². The van der Waals surface area contributed by atoms with Gasteiger partial charge in [-0.05, 0) is 51.4 Å². The summed E-state index contributed by atoms with van der Waals surface area (Å²) in [4.78, 5) is 4.97. The predicted octanol–water partition coefficient (Wildman–Crippen LogP) is 4.35. The normalized spacial score (nSPS) is 21.0. The van der Waals surface area contributed by atoms with Crippen molar-refractivity contribution in [1.82, 2.24) is 9.80 Å². The van der Waals surface area contributed by atoms with Crippen LogP contribution in [0.15, 0.2) is 0 Å². The van der Waals surface area contributed by atoms with Gasteiger partial charge in [0.25, 0.3) is 0 Å². The van der Waals surface area contributed by atoms with Gasteiger partial charge in [-0.2, -0.15) is 0 Å². The Bertz CT molecular complexity index is 351. The van der Waals surface area contributed by atoms with Crippen molar-refractivity contribution in [2.75, 3.05) is 19.8 Å². The van der Waals surface area contributed by atoms with Crippen molar-refractivity contribution in [1.29, 1.82) is 0 Å². The summed E-state index contributed by atoms with van der Waals surface area (Å²) in [5.41, 5.74) is 0.765. The molecule has 0 amide bonds. The monoisotopic (exact) mass is 326 g/mol. The van der Waals surface area contributed by atoms with Crippen molar-refractivity contribution < 1.29 is 5.11 Å². The van der Waals surface area contributed by atoms with Crippen LogP contribution in [0.4, 0.5) is 0 Å². The molecule has 1 N–H and O–H groups in total. The number of β-amino-alcohol motifs (C(OH)–C–C–N with tert-alkyl or cyclic N) is 1. The van der Waals surface area contributed by atoms with E-state index >= 15 is 0 Å². The van der Waals surface area contributed by atoms with Gasteiger partial charge in [0.15, 0.2) is 0 Å². The summed E-state index contributed by atoms with van der Waals surface area (Å²) in [5.74, 6) is 0. The fourth-order valence-corrected chi connectivity index (χ4v) is 4.58. The molecule has 0 bridgehead atoms. The van der Waals surface area contributed by atoms with E-state index in [4.69, 9.17) is 0 Å². The average molecular weight is 327 g/mol. The summed E-state index contributed by atoms with van der Waals surface area (Å²) in [6, 6.07) is 0. The zero-order valence-corrected chi connectivity index (χ0v) is 17.5. The summed E-state index contributed by atoms with van der Waals surface area (Å²) in [5, 5.41) is 10.5.